The standard InChI is InChI=1S/C21H19ClN4OS2/c1-13-17(20(23)27)11-19(26(13)9-8-16-3-2-10-28-16)18-12-29-21(25-18)24-15-6-4-14(22)5-7-15/h2-7,10-12H,8-9H2,1H3,(H2,23,27)(H,24,25). The molecule has 0 aliphatic heterocycles. The smallest absolute Gasteiger partial charge is 0.250 e. The molecule has 0 aliphatic rings. The third-order valence-corrected chi connectivity index (χ3v) is 6.60. The van der Waals surface area contributed by atoms with Crippen LogP contribution in [0, 0.1) is 6.92 Å². The Morgan fingerprint density at radius 1 is 1.24 bits per heavy atom. The van der Waals surface area contributed by atoms with Crippen LogP contribution >= 0.6 is 34.3 Å². The second-order valence-electron chi connectivity index (χ2n) is 6.54. The van der Waals surface area contributed by atoms with Crippen LogP contribution in [0.2, 0.25) is 5.02 Å². The number of hydrogen-bond acceptors (Lipinski definition) is 5. The minimum Gasteiger partial charge on any atom is -0.366 e. The van der Waals surface area contributed by atoms with Gasteiger partial charge >= 0.3 is 0 Å². The number of carbonyl (C=O) groups is 1. The highest BCUT2D eigenvalue weighted by molar-refractivity contribution is 7.14. The molecular weight excluding hydrogens is 424 g/mol. The molecule has 8 heteroatoms. The number of thiophene rings is 1. The predicted octanol–water partition coefficient (Wildman–Crippen LogP) is 5.72. The fourth-order valence-electron chi connectivity index (χ4n) is 3.18. The van der Waals surface area contributed by atoms with Crippen LogP contribution in [0.15, 0.2) is 53.2 Å². The Balaban J connectivity index is 1.63. The molecule has 4 rings (SSSR count). The zero-order valence-electron chi connectivity index (χ0n) is 15.7. The van der Waals surface area contributed by atoms with Crippen molar-refractivity contribution >= 4 is 51.0 Å². The number of thiazole rings is 1. The quantitative estimate of drug-likeness (QED) is 0.384. The topological polar surface area (TPSA) is 72.9 Å². The molecule has 0 unspecified atom stereocenters. The molecule has 0 fully saturated rings. The van der Waals surface area contributed by atoms with Gasteiger partial charge in [-0.3, -0.25) is 4.79 Å². The van der Waals surface area contributed by atoms with E-state index in [9.17, 15) is 4.79 Å². The molecule has 1 amide bonds. The van der Waals surface area contributed by atoms with Crippen molar-refractivity contribution in [2.45, 2.75) is 19.9 Å². The van der Waals surface area contributed by atoms with Crippen molar-refractivity contribution < 1.29 is 4.79 Å². The van der Waals surface area contributed by atoms with E-state index in [1.165, 1.54) is 16.2 Å². The van der Waals surface area contributed by atoms with E-state index < -0.39 is 5.91 Å². The maximum Gasteiger partial charge on any atom is 0.250 e. The van der Waals surface area contributed by atoms with Crippen molar-refractivity contribution in [3.05, 3.63) is 74.4 Å². The van der Waals surface area contributed by atoms with Crippen LogP contribution in [0.25, 0.3) is 11.4 Å². The number of rotatable bonds is 7. The minimum absolute atomic E-state index is 0.423. The first-order valence-electron chi connectivity index (χ1n) is 9.02. The normalized spacial score (nSPS) is 11.0. The first kappa shape index (κ1) is 19.7. The van der Waals surface area contributed by atoms with Crippen LogP contribution < -0.4 is 11.1 Å². The van der Waals surface area contributed by atoms with E-state index in [-0.39, 0.29) is 0 Å². The monoisotopic (exact) mass is 442 g/mol. The molecule has 0 bridgehead atoms. The molecule has 3 heterocycles. The van der Waals surface area contributed by atoms with Crippen molar-refractivity contribution in [1.82, 2.24) is 9.55 Å². The van der Waals surface area contributed by atoms with Crippen LogP contribution in [0.1, 0.15) is 20.9 Å². The number of benzene rings is 1. The average molecular weight is 443 g/mol. The van der Waals surface area contributed by atoms with E-state index in [2.05, 4.69) is 21.3 Å². The maximum atomic E-state index is 11.9. The number of aromatic nitrogens is 2. The van der Waals surface area contributed by atoms with Crippen molar-refractivity contribution in [3.63, 3.8) is 0 Å². The number of nitrogens with two attached hydrogens (primary N) is 1. The van der Waals surface area contributed by atoms with Gasteiger partial charge in [0.05, 0.1) is 17.0 Å². The van der Waals surface area contributed by atoms with Crippen LogP contribution in [-0.2, 0) is 13.0 Å². The Morgan fingerprint density at radius 2 is 2.03 bits per heavy atom. The molecule has 0 saturated carbocycles. The summed E-state index contributed by atoms with van der Waals surface area (Å²) in [5.74, 6) is -0.423. The molecular formula is C21H19ClN4OS2. The number of amides is 1. The van der Waals surface area contributed by atoms with Gasteiger partial charge in [-0.2, -0.15) is 0 Å². The fraction of sp³-hybridized carbons (Fsp3) is 0.143. The van der Waals surface area contributed by atoms with E-state index in [4.69, 9.17) is 22.3 Å². The highest BCUT2D eigenvalue weighted by Crippen LogP contribution is 2.31. The van der Waals surface area contributed by atoms with Crippen LogP contribution in [0.3, 0.4) is 0 Å². The van der Waals surface area contributed by atoms with Gasteiger partial charge in [-0.15, -0.1) is 22.7 Å². The van der Waals surface area contributed by atoms with Gasteiger partial charge in [0.25, 0.3) is 5.91 Å². The van der Waals surface area contributed by atoms with E-state index >= 15 is 0 Å². The number of primary amides is 1. The molecule has 0 spiro atoms. The second kappa shape index (κ2) is 8.41. The summed E-state index contributed by atoms with van der Waals surface area (Å²) < 4.78 is 2.13. The van der Waals surface area contributed by atoms with Crippen LogP contribution in [-0.4, -0.2) is 15.5 Å². The molecule has 0 atom stereocenters. The van der Waals surface area contributed by atoms with Gasteiger partial charge in [0.2, 0.25) is 0 Å². The summed E-state index contributed by atoms with van der Waals surface area (Å²) in [5.41, 5.74) is 9.62. The Kier molecular flexibility index (Phi) is 5.71. The van der Waals surface area contributed by atoms with Crippen molar-refractivity contribution in [2.75, 3.05) is 5.32 Å². The van der Waals surface area contributed by atoms with E-state index in [0.29, 0.717) is 10.6 Å². The molecule has 29 heavy (non-hydrogen) atoms. The van der Waals surface area contributed by atoms with Crippen LogP contribution in [0.4, 0.5) is 10.8 Å². The van der Waals surface area contributed by atoms with E-state index in [1.54, 1.807) is 11.3 Å². The van der Waals surface area contributed by atoms with Gasteiger partial charge in [0.15, 0.2) is 5.13 Å². The van der Waals surface area contributed by atoms with Crippen LogP contribution in [0.5, 0.6) is 0 Å². The largest absolute Gasteiger partial charge is 0.366 e. The summed E-state index contributed by atoms with van der Waals surface area (Å²) >= 11 is 9.19. The Morgan fingerprint density at radius 3 is 2.72 bits per heavy atom. The summed E-state index contributed by atoms with van der Waals surface area (Å²) in [4.78, 5) is 17.9. The van der Waals surface area contributed by atoms with Gasteiger partial charge in [0.1, 0.15) is 0 Å². The molecule has 0 saturated heterocycles. The molecule has 3 N–H and O–H groups in total. The number of halogens is 1. The molecule has 0 radical (unpaired) electrons. The lowest BCUT2D eigenvalue weighted by Crippen LogP contribution is -2.13. The number of hydrogen-bond donors (Lipinski definition) is 2. The molecule has 5 nitrogen and oxygen atoms in total. The Bertz CT molecular complexity index is 1130. The van der Waals surface area contributed by atoms with Crippen molar-refractivity contribution in [3.8, 4) is 11.4 Å². The predicted molar refractivity (Wildman–Crippen MR) is 122 cm³/mol. The summed E-state index contributed by atoms with van der Waals surface area (Å²) in [6.45, 7) is 2.68. The van der Waals surface area contributed by atoms with Gasteiger partial charge in [-0.05, 0) is 55.1 Å². The molecule has 3 aromatic heterocycles. The lowest BCUT2D eigenvalue weighted by Gasteiger charge is -2.10. The number of nitrogens with zero attached hydrogens (tertiary/aromatic N) is 2. The minimum atomic E-state index is -0.423. The fourth-order valence-corrected chi connectivity index (χ4v) is 4.73. The summed E-state index contributed by atoms with van der Waals surface area (Å²) in [6, 6.07) is 13.5. The first-order chi connectivity index (χ1) is 14.0. The summed E-state index contributed by atoms with van der Waals surface area (Å²) in [6.07, 6.45) is 0.887. The zero-order chi connectivity index (χ0) is 20.4. The lowest BCUT2D eigenvalue weighted by atomic mass is 10.2. The van der Waals surface area contributed by atoms with Gasteiger partial charge < -0.3 is 15.6 Å². The zero-order valence-corrected chi connectivity index (χ0v) is 18.1. The molecule has 4 aromatic rings. The van der Waals surface area contributed by atoms with E-state index in [1.807, 2.05) is 48.7 Å². The Hall–Kier alpha value is -2.61. The molecule has 0 aliphatic carbocycles. The number of aryl methyl sites for hydroxylation is 1. The maximum absolute atomic E-state index is 11.9. The first-order valence-corrected chi connectivity index (χ1v) is 11.2. The third kappa shape index (κ3) is 4.37. The number of carbonyl (C=O) groups excluding carboxylic acids is 1. The van der Waals surface area contributed by atoms with Gasteiger partial charge in [-0.1, -0.05) is 17.7 Å². The van der Waals surface area contributed by atoms with Crippen molar-refractivity contribution in [1.29, 1.82) is 0 Å². The molecule has 1 aromatic carbocycles. The molecule has 148 valence electrons. The average Bonchev–Trinajstić information content (AvgIpc) is 3.42. The number of anilines is 2. The summed E-state index contributed by atoms with van der Waals surface area (Å²) in [5, 5.41) is 8.80. The lowest BCUT2D eigenvalue weighted by molar-refractivity contribution is 0.0999. The second-order valence-corrected chi connectivity index (χ2v) is 8.87. The Labute approximate surface area is 181 Å². The summed E-state index contributed by atoms with van der Waals surface area (Å²) in [7, 11) is 0. The number of nitrogens with one attached hydrogen (secondary N) is 1. The highest BCUT2D eigenvalue weighted by atomic mass is 35.5. The highest BCUT2D eigenvalue weighted by Gasteiger charge is 2.18. The van der Waals surface area contributed by atoms with E-state index in [0.717, 1.165) is 40.9 Å². The van der Waals surface area contributed by atoms with Gasteiger partial charge in [0, 0.05) is 33.2 Å². The third-order valence-electron chi connectivity index (χ3n) is 4.66. The van der Waals surface area contributed by atoms with Crippen molar-refractivity contribution in [2.24, 2.45) is 5.73 Å². The SMILES string of the molecule is Cc1c(C(N)=O)cc(-c2csc(Nc3ccc(Cl)cc3)n2)n1CCc1cccs1. The van der Waals surface area contributed by atoms with Gasteiger partial charge in [-0.25, -0.2) is 4.98 Å².